The molecule has 1 heterocycles. The number of nitrogens with zero attached hydrogens (tertiary/aromatic N) is 3. The van der Waals surface area contributed by atoms with Gasteiger partial charge in [0.1, 0.15) is 17.6 Å². The first-order valence-electron chi connectivity index (χ1n) is 9.62. The minimum absolute atomic E-state index is 0.0519. The van der Waals surface area contributed by atoms with E-state index in [1.807, 2.05) is 20.8 Å². The summed E-state index contributed by atoms with van der Waals surface area (Å²) in [5, 5.41) is 16.2. The molecule has 7 nitrogen and oxygen atoms in total. The van der Waals surface area contributed by atoms with Gasteiger partial charge in [-0.1, -0.05) is 20.8 Å². The van der Waals surface area contributed by atoms with Crippen molar-refractivity contribution in [3.63, 3.8) is 0 Å². The Kier molecular flexibility index (Phi) is 6.25. The van der Waals surface area contributed by atoms with Crippen LogP contribution in [0.15, 0.2) is 48.7 Å². The van der Waals surface area contributed by atoms with E-state index in [0.29, 0.717) is 35.0 Å². The van der Waals surface area contributed by atoms with E-state index in [0.717, 1.165) is 0 Å². The minimum Gasteiger partial charge on any atom is -0.492 e. The molecule has 0 aliphatic carbocycles. The highest BCUT2D eigenvalue weighted by Crippen LogP contribution is 2.26. The first-order chi connectivity index (χ1) is 14.7. The smallest absolute Gasteiger partial charge is 0.417 e. The van der Waals surface area contributed by atoms with Crippen molar-refractivity contribution in [3.8, 4) is 23.3 Å². The molecule has 0 saturated carbocycles. The van der Waals surface area contributed by atoms with Crippen molar-refractivity contribution < 1.29 is 18.7 Å². The molecular formula is C23H23FN4O3. The summed E-state index contributed by atoms with van der Waals surface area (Å²) in [4.78, 5) is 12.3. The number of carbonyl (C=O) groups excluding carboxylic acids is 1. The van der Waals surface area contributed by atoms with Crippen LogP contribution in [0.5, 0.6) is 11.5 Å². The lowest BCUT2D eigenvalue weighted by Crippen LogP contribution is -2.18. The molecule has 0 aliphatic rings. The largest absolute Gasteiger partial charge is 0.492 e. The average Bonchev–Trinajstić information content (AvgIpc) is 3.07. The van der Waals surface area contributed by atoms with E-state index in [2.05, 4.69) is 16.5 Å². The number of benzene rings is 2. The molecule has 0 fully saturated rings. The predicted molar refractivity (Wildman–Crippen MR) is 114 cm³/mol. The van der Waals surface area contributed by atoms with Gasteiger partial charge in [0.2, 0.25) is 0 Å². The second-order valence-electron chi connectivity index (χ2n) is 8.17. The molecule has 1 N–H and O–H groups in total. The number of hydrogen-bond acceptors (Lipinski definition) is 5. The molecule has 0 spiro atoms. The van der Waals surface area contributed by atoms with Gasteiger partial charge in [-0.15, -0.1) is 0 Å². The molecule has 0 aliphatic heterocycles. The second kappa shape index (κ2) is 8.88. The summed E-state index contributed by atoms with van der Waals surface area (Å²) in [6, 6.07) is 12.7. The summed E-state index contributed by atoms with van der Waals surface area (Å²) < 4.78 is 25.7. The van der Waals surface area contributed by atoms with Gasteiger partial charge >= 0.3 is 6.09 Å². The molecule has 0 bridgehead atoms. The number of amides is 1. The van der Waals surface area contributed by atoms with Gasteiger partial charge in [0, 0.05) is 5.69 Å². The fourth-order valence-electron chi connectivity index (χ4n) is 2.70. The number of anilines is 1. The van der Waals surface area contributed by atoms with E-state index >= 15 is 0 Å². The molecule has 160 valence electrons. The van der Waals surface area contributed by atoms with Gasteiger partial charge in [0.05, 0.1) is 29.7 Å². The van der Waals surface area contributed by atoms with E-state index in [1.54, 1.807) is 31.2 Å². The van der Waals surface area contributed by atoms with E-state index < -0.39 is 6.09 Å². The first kappa shape index (κ1) is 21.8. The zero-order valence-corrected chi connectivity index (χ0v) is 17.8. The summed E-state index contributed by atoms with van der Waals surface area (Å²) >= 11 is 0. The summed E-state index contributed by atoms with van der Waals surface area (Å²) in [6.45, 7) is 8.28. The van der Waals surface area contributed by atoms with Gasteiger partial charge in [-0.3, -0.25) is 5.32 Å². The topological polar surface area (TPSA) is 89.2 Å². The molecule has 0 atom stereocenters. The zero-order chi connectivity index (χ0) is 22.6. The number of hydrogen-bond donors (Lipinski definition) is 1. The van der Waals surface area contributed by atoms with Crippen molar-refractivity contribution >= 4 is 11.8 Å². The van der Waals surface area contributed by atoms with Crippen LogP contribution in [0.3, 0.4) is 0 Å². The SMILES string of the molecule is Cc1c(OC(=O)Nc2ccc(OCC(C)(C)C)c(C#N)c2)cnn1-c1ccc(F)cc1. The third-order valence-corrected chi connectivity index (χ3v) is 4.25. The molecule has 1 amide bonds. The van der Waals surface area contributed by atoms with Crippen LogP contribution in [0.1, 0.15) is 32.0 Å². The van der Waals surface area contributed by atoms with Crippen LogP contribution >= 0.6 is 0 Å². The Labute approximate surface area is 180 Å². The number of carbonyl (C=O) groups is 1. The van der Waals surface area contributed by atoms with Gasteiger partial charge < -0.3 is 9.47 Å². The monoisotopic (exact) mass is 422 g/mol. The van der Waals surface area contributed by atoms with Crippen molar-refractivity contribution in [2.45, 2.75) is 27.7 Å². The number of nitriles is 1. The van der Waals surface area contributed by atoms with E-state index in [-0.39, 0.29) is 17.0 Å². The fraction of sp³-hybridized carbons (Fsp3) is 0.261. The van der Waals surface area contributed by atoms with E-state index in [1.165, 1.54) is 29.1 Å². The van der Waals surface area contributed by atoms with Crippen LogP contribution in [0.25, 0.3) is 5.69 Å². The lowest BCUT2D eigenvalue weighted by molar-refractivity contribution is 0.197. The third-order valence-electron chi connectivity index (χ3n) is 4.25. The Morgan fingerprint density at radius 1 is 1.19 bits per heavy atom. The first-order valence-corrected chi connectivity index (χ1v) is 9.62. The molecule has 31 heavy (non-hydrogen) atoms. The maximum Gasteiger partial charge on any atom is 0.417 e. The molecule has 1 aromatic heterocycles. The van der Waals surface area contributed by atoms with Crippen molar-refractivity contribution in [1.82, 2.24) is 9.78 Å². The Hall–Kier alpha value is -3.86. The molecular weight excluding hydrogens is 399 g/mol. The normalized spacial score (nSPS) is 11.0. The Bertz CT molecular complexity index is 1130. The summed E-state index contributed by atoms with van der Waals surface area (Å²) in [7, 11) is 0. The van der Waals surface area contributed by atoms with Crippen molar-refractivity contribution in [1.29, 1.82) is 5.26 Å². The maximum atomic E-state index is 13.1. The standard InChI is InChI=1S/C23H23FN4O3/c1-15-21(13-26-28(15)19-8-5-17(24)6-9-19)31-22(29)27-18-7-10-20(16(11-18)12-25)30-14-23(2,3)4/h5-11,13H,14H2,1-4H3,(H,27,29). The third kappa shape index (κ3) is 5.60. The lowest BCUT2D eigenvalue weighted by Gasteiger charge is -2.19. The molecule has 0 saturated heterocycles. The van der Waals surface area contributed by atoms with E-state index in [4.69, 9.17) is 9.47 Å². The molecule has 0 unspecified atom stereocenters. The number of nitrogens with one attached hydrogen (secondary N) is 1. The van der Waals surface area contributed by atoms with Crippen LogP contribution in [0.4, 0.5) is 14.9 Å². The van der Waals surface area contributed by atoms with Crippen LogP contribution in [-0.2, 0) is 0 Å². The van der Waals surface area contributed by atoms with Crippen LogP contribution < -0.4 is 14.8 Å². The van der Waals surface area contributed by atoms with Crippen molar-refractivity contribution in [3.05, 3.63) is 65.7 Å². The molecule has 0 radical (unpaired) electrons. The Morgan fingerprint density at radius 2 is 1.90 bits per heavy atom. The predicted octanol–water partition coefficient (Wildman–Crippen LogP) is 5.23. The highest BCUT2D eigenvalue weighted by atomic mass is 19.1. The van der Waals surface area contributed by atoms with Crippen LogP contribution in [0.2, 0.25) is 0 Å². The van der Waals surface area contributed by atoms with E-state index in [9.17, 15) is 14.4 Å². The molecule has 2 aromatic carbocycles. The fourth-order valence-corrected chi connectivity index (χ4v) is 2.70. The second-order valence-corrected chi connectivity index (χ2v) is 8.17. The Morgan fingerprint density at radius 3 is 2.55 bits per heavy atom. The number of ether oxygens (including phenoxy) is 2. The minimum atomic E-state index is -0.728. The zero-order valence-electron chi connectivity index (χ0n) is 17.8. The van der Waals surface area contributed by atoms with Gasteiger partial charge in [0.25, 0.3) is 0 Å². The summed E-state index contributed by atoms with van der Waals surface area (Å²) in [5.74, 6) is 0.358. The highest BCUT2D eigenvalue weighted by Gasteiger charge is 2.16. The number of aromatic nitrogens is 2. The van der Waals surface area contributed by atoms with Crippen molar-refractivity contribution in [2.75, 3.05) is 11.9 Å². The average molecular weight is 422 g/mol. The molecule has 3 rings (SSSR count). The highest BCUT2D eigenvalue weighted by molar-refractivity contribution is 5.86. The summed E-state index contributed by atoms with van der Waals surface area (Å²) in [5.41, 5.74) is 1.86. The van der Waals surface area contributed by atoms with Crippen LogP contribution in [0, 0.1) is 29.5 Å². The lowest BCUT2D eigenvalue weighted by atomic mass is 9.98. The van der Waals surface area contributed by atoms with Gasteiger partial charge in [-0.2, -0.15) is 10.4 Å². The van der Waals surface area contributed by atoms with Crippen molar-refractivity contribution in [2.24, 2.45) is 5.41 Å². The Balaban J connectivity index is 1.68. The molecule has 8 heteroatoms. The molecule has 3 aromatic rings. The van der Waals surface area contributed by atoms with Gasteiger partial charge in [-0.05, 0) is 54.8 Å². The van der Waals surface area contributed by atoms with Gasteiger partial charge in [-0.25, -0.2) is 13.9 Å². The number of halogens is 1. The summed E-state index contributed by atoms with van der Waals surface area (Å²) in [6.07, 6.45) is 0.677. The quantitative estimate of drug-likeness (QED) is 0.608. The maximum absolute atomic E-state index is 13.1. The van der Waals surface area contributed by atoms with Gasteiger partial charge in [0.15, 0.2) is 5.75 Å². The number of rotatable bonds is 5. The van der Waals surface area contributed by atoms with Crippen LogP contribution in [-0.4, -0.2) is 22.5 Å².